The predicted molar refractivity (Wildman–Crippen MR) is 53.3 cm³/mol. The Labute approximate surface area is 89.3 Å². The van der Waals surface area contributed by atoms with Crippen molar-refractivity contribution in [3.05, 3.63) is 28.7 Å². The third kappa shape index (κ3) is 3.01. The van der Waals surface area contributed by atoms with E-state index in [0.717, 1.165) is 4.47 Å². The van der Waals surface area contributed by atoms with Crippen molar-refractivity contribution >= 4 is 21.9 Å². The number of aliphatic hydroxyl groups excluding tert-OH is 1. The molecule has 0 saturated carbocycles. The Morgan fingerprint density at radius 1 is 1.50 bits per heavy atom. The van der Waals surface area contributed by atoms with E-state index in [1.54, 1.807) is 18.2 Å². The third-order valence-corrected chi connectivity index (χ3v) is 2.17. The highest BCUT2D eigenvalue weighted by atomic mass is 79.9. The topological polar surface area (TPSA) is 66.8 Å². The number of hydrogen-bond acceptors (Lipinski definition) is 3. The van der Waals surface area contributed by atoms with Crippen LogP contribution in [0.3, 0.4) is 0 Å². The molecule has 2 N–H and O–H groups in total. The maximum absolute atomic E-state index is 10.3. The summed E-state index contributed by atoms with van der Waals surface area (Å²) in [6.07, 6.45) is -1.50. The minimum Gasteiger partial charge on any atom is -0.489 e. The zero-order valence-corrected chi connectivity index (χ0v) is 8.77. The number of carboxylic acid groups (broad SMARTS) is 1. The summed E-state index contributed by atoms with van der Waals surface area (Å²) in [4.78, 5) is 10.3. The summed E-state index contributed by atoms with van der Waals surface area (Å²) in [5.41, 5.74) is 0. The molecule has 0 fully saturated rings. The molecule has 0 bridgehead atoms. The van der Waals surface area contributed by atoms with E-state index < -0.39 is 12.1 Å². The van der Waals surface area contributed by atoms with Crippen LogP contribution < -0.4 is 4.74 Å². The first-order valence-corrected chi connectivity index (χ1v) is 4.68. The Kier molecular flexibility index (Phi) is 3.91. The summed E-state index contributed by atoms with van der Waals surface area (Å²) >= 11 is 3.23. The van der Waals surface area contributed by atoms with E-state index >= 15 is 0 Å². The molecule has 0 spiro atoms. The number of aliphatic hydroxyl groups is 1. The van der Waals surface area contributed by atoms with Crippen molar-refractivity contribution < 1.29 is 19.7 Å². The molecule has 76 valence electrons. The third-order valence-electron chi connectivity index (χ3n) is 1.52. The van der Waals surface area contributed by atoms with E-state index in [2.05, 4.69) is 15.9 Å². The van der Waals surface area contributed by atoms with Gasteiger partial charge in [-0.1, -0.05) is 12.1 Å². The fourth-order valence-electron chi connectivity index (χ4n) is 0.802. The summed E-state index contributed by atoms with van der Waals surface area (Å²) in [6, 6.07) is 7.01. The van der Waals surface area contributed by atoms with Gasteiger partial charge in [-0.15, -0.1) is 0 Å². The largest absolute Gasteiger partial charge is 0.489 e. The maximum Gasteiger partial charge on any atom is 0.336 e. The molecule has 5 heteroatoms. The first kappa shape index (κ1) is 11.0. The Morgan fingerprint density at radius 3 is 2.71 bits per heavy atom. The minimum atomic E-state index is -1.50. The van der Waals surface area contributed by atoms with Crippen LogP contribution in [0.4, 0.5) is 0 Å². The van der Waals surface area contributed by atoms with Gasteiger partial charge in [0.1, 0.15) is 12.4 Å². The van der Waals surface area contributed by atoms with Gasteiger partial charge in [0.05, 0.1) is 4.47 Å². The average Bonchev–Trinajstić information content (AvgIpc) is 2.16. The van der Waals surface area contributed by atoms with Crippen LogP contribution in [0.25, 0.3) is 0 Å². The molecule has 4 nitrogen and oxygen atoms in total. The lowest BCUT2D eigenvalue weighted by atomic mass is 10.3. The first-order valence-electron chi connectivity index (χ1n) is 3.89. The van der Waals surface area contributed by atoms with Gasteiger partial charge in [0.2, 0.25) is 0 Å². The zero-order chi connectivity index (χ0) is 10.6. The van der Waals surface area contributed by atoms with Gasteiger partial charge in [0.25, 0.3) is 0 Å². The summed E-state index contributed by atoms with van der Waals surface area (Å²) in [7, 11) is 0. The lowest BCUT2D eigenvalue weighted by molar-refractivity contribution is -0.148. The monoisotopic (exact) mass is 260 g/mol. The van der Waals surface area contributed by atoms with Crippen LogP contribution in [0.1, 0.15) is 0 Å². The van der Waals surface area contributed by atoms with E-state index in [1.807, 2.05) is 6.07 Å². The predicted octanol–water partition coefficient (Wildman–Crippen LogP) is 1.27. The van der Waals surface area contributed by atoms with Crippen molar-refractivity contribution in [2.24, 2.45) is 0 Å². The molecule has 1 aromatic carbocycles. The number of carboxylic acids is 1. The number of carbonyl (C=O) groups is 1. The molecule has 1 rings (SSSR count). The lowest BCUT2D eigenvalue weighted by Gasteiger charge is -2.09. The standard InChI is InChI=1S/C9H9BrO4/c10-6-3-1-2-4-8(6)14-5-7(11)9(12)13/h1-4,7,11H,5H2,(H,12,13)/t7-/m0/s1. The number of aliphatic carboxylic acids is 1. The summed E-state index contributed by atoms with van der Waals surface area (Å²) in [5, 5.41) is 17.3. The Bertz CT molecular complexity index is 326. The highest BCUT2D eigenvalue weighted by molar-refractivity contribution is 9.10. The van der Waals surface area contributed by atoms with E-state index in [4.69, 9.17) is 14.9 Å². The number of hydrogen-bond donors (Lipinski definition) is 2. The fraction of sp³-hybridized carbons (Fsp3) is 0.222. The highest BCUT2D eigenvalue weighted by Crippen LogP contribution is 2.23. The van der Waals surface area contributed by atoms with E-state index in [9.17, 15) is 4.79 Å². The van der Waals surface area contributed by atoms with Gasteiger partial charge < -0.3 is 14.9 Å². The minimum absolute atomic E-state index is 0.266. The maximum atomic E-state index is 10.3. The van der Waals surface area contributed by atoms with E-state index in [-0.39, 0.29) is 6.61 Å². The van der Waals surface area contributed by atoms with Crippen LogP contribution in [0, 0.1) is 0 Å². The van der Waals surface area contributed by atoms with Gasteiger partial charge in [-0.05, 0) is 28.1 Å². The summed E-state index contributed by atoms with van der Waals surface area (Å²) < 4.78 is 5.80. The van der Waals surface area contributed by atoms with Crippen molar-refractivity contribution in [2.75, 3.05) is 6.61 Å². The smallest absolute Gasteiger partial charge is 0.336 e. The molecule has 0 saturated heterocycles. The Balaban J connectivity index is 2.54. The SMILES string of the molecule is O=C(O)[C@@H](O)COc1ccccc1Br. The van der Waals surface area contributed by atoms with Gasteiger partial charge in [0.15, 0.2) is 6.10 Å². The molecule has 0 amide bonds. The second-order valence-electron chi connectivity index (χ2n) is 2.60. The Morgan fingerprint density at radius 2 is 2.14 bits per heavy atom. The van der Waals surface area contributed by atoms with Gasteiger partial charge in [-0.2, -0.15) is 0 Å². The van der Waals surface area contributed by atoms with E-state index in [1.165, 1.54) is 0 Å². The molecule has 0 unspecified atom stereocenters. The normalized spacial score (nSPS) is 12.1. The van der Waals surface area contributed by atoms with Gasteiger partial charge in [0, 0.05) is 0 Å². The second-order valence-corrected chi connectivity index (χ2v) is 3.45. The van der Waals surface area contributed by atoms with Gasteiger partial charge in [-0.3, -0.25) is 0 Å². The van der Waals surface area contributed by atoms with Crippen LogP contribution in [-0.4, -0.2) is 28.9 Å². The molecule has 14 heavy (non-hydrogen) atoms. The van der Waals surface area contributed by atoms with Crippen molar-refractivity contribution in [1.82, 2.24) is 0 Å². The summed E-state index contributed by atoms with van der Waals surface area (Å²) in [6.45, 7) is -0.266. The molecule has 0 aliphatic rings. The number of para-hydroxylation sites is 1. The molecule has 1 aromatic rings. The van der Waals surface area contributed by atoms with Crippen LogP contribution in [0.15, 0.2) is 28.7 Å². The zero-order valence-electron chi connectivity index (χ0n) is 7.18. The molecular formula is C9H9BrO4. The average molecular weight is 261 g/mol. The molecule has 0 radical (unpaired) electrons. The van der Waals surface area contributed by atoms with Crippen LogP contribution in [0.5, 0.6) is 5.75 Å². The van der Waals surface area contributed by atoms with Gasteiger partial charge >= 0.3 is 5.97 Å². The van der Waals surface area contributed by atoms with Gasteiger partial charge in [-0.25, -0.2) is 4.79 Å². The molecule has 1 atom stereocenters. The van der Waals surface area contributed by atoms with E-state index in [0.29, 0.717) is 5.75 Å². The number of ether oxygens (including phenoxy) is 1. The Hall–Kier alpha value is -1.07. The first-order chi connectivity index (χ1) is 6.61. The van der Waals surface area contributed by atoms with Crippen molar-refractivity contribution in [3.8, 4) is 5.75 Å². The second kappa shape index (κ2) is 4.97. The van der Waals surface area contributed by atoms with Crippen molar-refractivity contribution in [2.45, 2.75) is 6.10 Å². The quantitative estimate of drug-likeness (QED) is 0.856. The van der Waals surface area contributed by atoms with Crippen LogP contribution >= 0.6 is 15.9 Å². The highest BCUT2D eigenvalue weighted by Gasteiger charge is 2.14. The lowest BCUT2D eigenvalue weighted by Crippen LogP contribution is -2.26. The molecule has 0 aromatic heterocycles. The molecule has 0 aliphatic heterocycles. The number of benzene rings is 1. The molecule has 0 aliphatic carbocycles. The van der Waals surface area contributed by atoms with Crippen LogP contribution in [-0.2, 0) is 4.79 Å². The number of halogens is 1. The fourth-order valence-corrected chi connectivity index (χ4v) is 1.20. The van der Waals surface area contributed by atoms with Crippen LogP contribution in [0.2, 0.25) is 0 Å². The van der Waals surface area contributed by atoms with Crippen molar-refractivity contribution in [1.29, 1.82) is 0 Å². The summed E-state index contributed by atoms with van der Waals surface area (Å²) in [5.74, 6) is -0.787. The number of rotatable bonds is 4. The molecule has 0 heterocycles. The van der Waals surface area contributed by atoms with Crippen molar-refractivity contribution in [3.63, 3.8) is 0 Å². The molecular weight excluding hydrogens is 252 g/mol.